The molecule has 0 radical (unpaired) electrons. The predicted molar refractivity (Wildman–Crippen MR) is 62.3 cm³/mol. The average molecular weight is 234 g/mol. The molecule has 1 fully saturated rings. The van der Waals surface area contributed by atoms with E-state index in [2.05, 4.69) is 17.0 Å². The molecule has 1 aliphatic rings. The summed E-state index contributed by atoms with van der Waals surface area (Å²) >= 11 is 0. The second-order valence-electron chi connectivity index (χ2n) is 4.15. The van der Waals surface area contributed by atoms with E-state index in [0.29, 0.717) is 12.3 Å². The van der Waals surface area contributed by atoms with Crippen molar-refractivity contribution >= 4 is 10.0 Å². The monoisotopic (exact) mass is 234 g/mol. The first-order valence-corrected chi connectivity index (χ1v) is 7.45. The van der Waals surface area contributed by atoms with Gasteiger partial charge >= 0.3 is 0 Å². The van der Waals surface area contributed by atoms with Gasteiger partial charge in [0, 0.05) is 6.04 Å². The first-order valence-electron chi connectivity index (χ1n) is 5.79. The topological polar surface area (TPSA) is 58.2 Å². The molecule has 0 spiro atoms. The Labute approximate surface area is 92.9 Å². The zero-order valence-electron chi connectivity index (χ0n) is 9.62. The van der Waals surface area contributed by atoms with Gasteiger partial charge in [-0.15, -0.1) is 0 Å². The van der Waals surface area contributed by atoms with Gasteiger partial charge in [-0.25, -0.2) is 13.1 Å². The zero-order chi connectivity index (χ0) is 11.3. The van der Waals surface area contributed by atoms with Gasteiger partial charge in [0.15, 0.2) is 0 Å². The highest BCUT2D eigenvalue weighted by atomic mass is 32.2. The zero-order valence-corrected chi connectivity index (χ0v) is 10.4. The van der Waals surface area contributed by atoms with E-state index in [1.54, 1.807) is 0 Å². The van der Waals surface area contributed by atoms with Crippen molar-refractivity contribution in [1.82, 2.24) is 10.0 Å². The van der Waals surface area contributed by atoms with E-state index >= 15 is 0 Å². The van der Waals surface area contributed by atoms with Crippen LogP contribution >= 0.6 is 0 Å². The maximum Gasteiger partial charge on any atom is 0.211 e. The van der Waals surface area contributed by atoms with Gasteiger partial charge in [-0.05, 0) is 31.8 Å². The molecule has 4 nitrogen and oxygen atoms in total. The molecule has 0 bridgehead atoms. The molecule has 2 unspecified atom stereocenters. The second-order valence-corrected chi connectivity index (χ2v) is 6.03. The molecule has 15 heavy (non-hydrogen) atoms. The van der Waals surface area contributed by atoms with Gasteiger partial charge < -0.3 is 5.32 Å². The third kappa shape index (κ3) is 4.95. The Morgan fingerprint density at radius 1 is 1.33 bits per heavy atom. The highest BCUT2D eigenvalue weighted by Crippen LogP contribution is 2.33. The lowest BCUT2D eigenvalue weighted by Gasteiger charge is -2.06. The van der Waals surface area contributed by atoms with E-state index in [1.165, 1.54) is 0 Å². The standard InChI is InChI=1S/C10H22N2O2S/c1-3-9-8-10(9)12-15(13,14)7-5-6-11-4-2/h9-12H,3-8H2,1-2H3. The Morgan fingerprint density at radius 2 is 2.07 bits per heavy atom. The van der Waals surface area contributed by atoms with Gasteiger partial charge in [-0.3, -0.25) is 0 Å². The van der Waals surface area contributed by atoms with Crippen LogP contribution in [0.5, 0.6) is 0 Å². The van der Waals surface area contributed by atoms with Crippen molar-refractivity contribution in [2.75, 3.05) is 18.8 Å². The smallest absolute Gasteiger partial charge is 0.211 e. The Kier molecular flexibility index (Phi) is 5.02. The quantitative estimate of drug-likeness (QED) is 0.608. The van der Waals surface area contributed by atoms with Crippen LogP contribution in [-0.4, -0.2) is 33.3 Å². The maximum absolute atomic E-state index is 11.6. The second kappa shape index (κ2) is 5.82. The molecule has 1 rings (SSSR count). The van der Waals surface area contributed by atoms with Gasteiger partial charge in [0.2, 0.25) is 10.0 Å². The Balaban J connectivity index is 2.16. The fraction of sp³-hybridized carbons (Fsp3) is 1.00. The fourth-order valence-electron chi connectivity index (χ4n) is 1.70. The lowest BCUT2D eigenvalue weighted by molar-refractivity contribution is 0.570. The van der Waals surface area contributed by atoms with E-state index in [9.17, 15) is 8.42 Å². The van der Waals surface area contributed by atoms with E-state index in [4.69, 9.17) is 0 Å². The highest BCUT2D eigenvalue weighted by Gasteiger charge is 2.37. The largest absolute Gasteiger partial charge is 0.317 e. The Bertz CT molecular complexity index is 277. The molecule has 0 aromatic carbocycles. The molecule has 2 N–H and O–H groups in total. The van der Waals surface area contributed by atoms with E-state index < -0.39 is 10.0 Å². The van der Waals surface area contributed by atoms with E-state index in [1.807, 2.05) is 6.92 Å². The fourth-order valence-corrected chi connectivity index (χ4v) is 3.09. The highest BCUT2D eigenvalue weighted by molar-refractivity contribution is 7.89. The molecule has 1 aliphatic carbocycles. The van der Waals surface area contributed by atoms with Crippen LogP contribution in [0, 0.1) is 5.92 Å². The third-order valence-electron chi connectivity index (χ3n) is 2.79. The van der Waals surface area contributed by atoms with Crippen LogP contribution in [0.4, 0.5) is 0 Å². The summed E-state index contributed by atoms with van der Waals surface area (Å²) in [6, 6.07) is 0.221. The molecule has 2 atom stereocenters. The first-order chi connectivity index (χ1) is 7.09. The Morgan fingerprint density at radius 3 is 2.60 bits per heavy atom. The molecule has 0 heterocycles. The summed E-state index contributed by atoms with van der Waals surface area (Å²) in [6.45, 7) is 5.79. The summed E-state index contributed by atoms with van der Waals surface area (Å²) in [7, 11) is -3.03. The summed E-state index contributed by atoms with van der Waals surface area (Å²) < 4.78 is 25.9. The van der Waals surface area contributed by atoms with Crippen LogP contribution in [0.15, 0.2) is 0 Å². The molecule has 5 heteroatoms. The molecule has 0 aromatic rings. The minimum atomic E-state index is -3.03. The van der Waals surface area contributed by atoms with Crippen molar-refractivity contribution in [1.29, 1.82) is 0 Å². The van der Waals surface area contributed by atoms with E-state index in [-0.39, 0.29) is 11.8 Å². The molecular formula is C10H22N2O2S. The minimum Gasteiger partial charge on any atom is -0.317 e. The molecule has 0 amide bonds. The summed E-state index contributed by atoms with van der Waals surface area (Å²) in [5.74, 6) is 0.820. The maximum atomic E-state index is 11.6. The van der Waals surface area contributed by atoms with Crippen molar-refractivity contribution in [2.45, 2.75) is 39.2 Å². The number of hydrogen-bond acceptors (Lipinski definition) is 3. The summed E-state index contributed by atoms with van der Waals surface area (Å²) in [6.07, 6.45) is 2.78. The van der Waals surface area contributed by atoms with Crippen LogP contribution in [0.2, 0.25) is 0 Å². The lowest BCUT2D eigenvalue weighted by atomic mass is 10.3. The summed E-state index contributed by atoms with van der Waals surface area (Å²) in [5, 5.41) is 3.12. The van der Waals surface area contributed by atoms with Crippen molar-refractivity contribution in [3.8, 4) is 0 Å². The van der Waals surface area contributed by atoms with Crippen molar-refractivity contribution in [2.24, 2.45) is 5.92 Å². The van der Waals surface area contributed by atoms with Gasteiger partial charge in [0.05, 0.1) is 5.75 Å². The predicted octanol–water partition coefficient (Wildman–Crippen LogP) is 0.704. The normalized spacial score (nSPS) is 25.5. The summed E-state index contributed by atoms with van der Waals surface area (Å²) in [4.78, 5) is 0. The van der Waals surface area contributed by atoms with Crippen LogP contribution in [-0.2, 0) is 10.0 Å². The lowest BCUT2D eigenvalue weighted by Crippen LogP contribution is -2.30. The van der Waals surface area contributed by atoms with Crippen LogP contribution in [0.3, 0.4) is 0 Å². The average Bonchev–Trinajstić information content (AvgIpc) is 2.90. The first kappa shape index (κ1) is 12.9. The van der Waals surface area contributed by atoms with Gasteiger partial charge in [0.1, 0.15) is 0 Å². The molecular weight excluding hydrogens is 212 g/mol. The number of rotatable bonds is 8. The number of sulfonamides is 1. The van der Waals surface area contributed by atoms with Crippen molar-refractivity contribution in [3.63, 3.8) is 0 Å². The molecule has 0 aromatic heterocycles. The van der Waals surface area contributed by atoms with Gasteiger partial charge in [-0.2, -0.15) is 0 Å². The van der Waals surface area contributed by atoms with Crippen LogP contribution in [0.25, 0.3) is 0 Å². The molecule has 0 saturated heterocycles. The number of nitrogens with one attached hydrogen (secondary N) is 2. The molecule has 90 valence electrons. The van der Waals surface area contributed by atoms with Gasteiger partial charge in [0.25, 0.3) is 0 Å². The van der Waals surface area contributed by atoms with Crippen molar-refractivity contribution in [3.05, 3.63) is 0 Å². The minimum absolute atomic E-state index is 0.221. The molecule has 1 saturated carbocycles. The Hall–Kier alpha value is -0.130. The summed E-state index contributed by atoms with van der Waals surface area (Å²) in [5.41, 5.74) is 0. The number of hydrogen-bond donors (Lipinski definition) is 2. The van der Waals surface area contributed by atoms with Crippen LogP contribution < -0.4 is 10.0 Å². The molecule has 0 aliphatic heterocycles. The van der Waals surface area contributed by atoms with E-state index in [0.717, 1.165) is 25.9 Å². The van der Waals surface area contributed by atoms with Crippen LogP contribution in [0.1, 0.15) is 33.1 Å². The van der Waals surface area contributed by atoms with Gasteiger partial charge in [-0.1, -0.05) is 20.3 Å². The SMILES string of the molecule is CCNCCCS(=O)(=O)NC1CC1CC. The van der Waals surface area contributed by atoms with Crippen molar-refractivity contribution < 1.29 is 8.42 Å². The third-order valence-corrected chi connectivity index (χ3v) is 4.28.